The highest BCUT2D eigenvalue weighted by Crippen LogP contribution is 2.31. The Bertz CT molecular complexity index is 715. The topological polar surface area (TPSA) is 50.8 Å². The Balaban J connectivity index is 1.64. The maximum atomic E-state index is 12.2. The van der Waals surface area contributed by atoms with Crippen molar-refractivity contribution in [2.24, 2.45) is 0 Å². The number of rotatable bonds is 7. The number of urea groups is 1. The van der Waals surface area contributed by atoms with Crippen molar-refractivity contribution >= 4 is 6.03 Å². The monoisotopic (exact) mass is 340 g/mol. The van der Waals surface area contributed by atoms with Gasteiger partial charge in [-0.05, 0) is 36.6 Å². The number of carbonyl (C=O) groups is 1. The smallest absolute Gasteiger partial charge is 0.318 e. The zero-order valence-corrected chi connectivity index (χ0v) is 14.7. The van der Waals surface area contributed by atoms with Crippen molar-refractivity contribution in [2.45, 2.75) is 18.9 Å². The average Bonchev–Trinajstić information content (AvgIpc) is 3.03. The molecule has 1 saturated heterocycles. The summed E-state index contributed by atoms with van der Waals surface area (Å²) in [6, 6.07) is 16.0. The second kappa shape index (κ2) is 7.92. The van der Waals surface area contributed by atoms with Crippen molar-refractivity contribution in [1.29, 1.82) is 0 Å². The first-order valence-corrected chi connectivity index (χ1v) is 8.53. The fourth-order valence-corrected chi connectivity index (χ4v) is 3.26. The minimum atomic E-state index is -0.00867. The van der Waals surface area contributed by atoms with Gasteiger partial charge in [-0.3, -0.25) is 0 Å². The van der Waals surface area contributed by atoms with Crippen LogP contribution in [0.3, 0.4) is 0 Å². The summed E-state index contributed by atoms with van der Waals surface area (Å²) in [6.07, 6.45) is 1.83. The maximum absolute atomic E-state index is 12.2. The first kappa shape index (κ1) is 17.1. The van der Waals surface area contributed by atoms with Gasteiger partial charge in [-0.2, -0.15) is 0 Å². The van der Waals surface area contributed by atoms with E-state index in [4.69, 9.17) is 9.47 Å². The van der Waals surface area contributed by atoms with E-state index in [2.05, 4.69) is 17.4 Å². The molecule has 0 aromatic heterocycles. The predicted octanol–water partition coefficient (Wildman–Crippen LogP) is 3.40. The Labute approximate surface area is 148 Å². The van der Waals surface area contributed by atoms with Crippen LogP contribution in [0.25, 0.3) is 0 Å². The van der Waals surface area contributed by atoms with E-state index in [1.807, 2.05) is 41.3 Å². The van der Waals surface area contributed by atoms with Crippen molar-refractivity contribution in [2.75, 3.05) is 27.3 Å². The molecule has 0 bridgehead atoms. The third-order valence-corrected chi connectivity index (χ3v) is 4.61. The van der Waals surface area contributed by atoms with Gasteiger partial charge in [0.1, 0.15) is 11.5 Å². The Morgan fingerprint density at radius 2 is 1.84 bits per heavy atom. The molecule has 5 nitrogen and oxygen atoms in total. The summed E-state index contributed by atoms with van der Waals surface area (Å²) in [7, 11) is 3.33. The summed E-state index contributed by atoms with van der Waals surface area (Å²) in [5, 5.41) is 2.95. The Hall–Kier alpha value is -2.69. The summed E-state index contributed by atoms with van der Waals surface area (Å²) in [4.78, 5) is 14.1. The second-order valence-electron chi connectivity index (χ2n) is 6.09. The molecule has 1 aliphatic heterocycles. The van der Waals surface area contributed by atoms with Gasteiger partial charge >= 0.3 is 6.03 Å². The van der Waals surface area contributed by atoms with Crippen LogP contribution >= 0.6 is 0 Å². The molecule has 1 N–H and O–H groups in total. The van der Waals surface area contributed by atoms with E-state index in [0.29, 0.717) is 13.1 Å². The highest BCUT2D eigenvalue weighted by molar-refractivity contribution is 5.77. The van der Waals surface area contributed by atoms with E-state index in [-0.39, 0.29) is 12.1 Å². The van der Waals surface area contributed by atoms with Gasteiger partial charge in [0.2, 0.25) is 0 Å². The molecule has 0 aliphatic carbocycles. The molecule has 2 amide bonds. The standard InChI is InChI=1S/C20H24N2O3/c1-24-16-11-9-15(10-12-16)6-5-13-22-18(14-21-20(22)23)17-7-3-4-8-19(17)25-2/h3-4,7-12,18H,5-6,13-14H2,1-2H3,(H,21,23). The Kier molecular flexibility index (Phi) is 5.43. The van der Waals surface area contributed by atoms with Crippen molar-refractivity contribution in [1.82, 2.24) is 10.2 Å². The first-order valence-electron chi connectivity index (χ1n) is 8.53. The van der Waals surface area contributed by atoms with Crippen LogP contribution in [0, 0.1) is 0 Å². The number of amides is 2. The van der Waals surface area contributed by atoms with Crippen molar-refractivity contribution in [3.8, 4) is 11.5 Å². The molecule has 5 heteroatoms. The molecule has 1 heterocycles. The summed E-state index contributed by atoms with van der Waals surface area (Å²) in [6.45, 7) is 1.32. The SMILES string of the molecule is COc1ccc(CCCN2C(=O)NCC2c2ccccc2OC)cc1. The molecule has 25 heavy (non-hydrogen) atoms. The van der Waals surface area contributed by atoms with Crippen molar-refractivity contribution < 1.29 is 14.3 Å². The number of nitrogens with zero attached hydrogens (tertiary/aromatic N) is 1. The van der Waals surface area contributed by atoms with Crippen LogP contribution in [0.5, 0.6) is 11.5 Å². The van der Waals surface area contributed by atoms with Gasteiger partial charge in [0.05, 0.1) is 20.3 Å². The molecule has 2 aromatic carbocycles. The van der Waals surface area contributed by atoms with E-state index in [1.54, 1.807) is 14.2 Å². The van der Waals surface area contributed by atoms with Gasteiger partial charge in [-0.15, -0.1) is 0 Å². The zero-order chi connectivity index (χ0) is 17.6. The molecule has 0 spiro atoms. The molecule has 3 rings (SSSR count). The van der Waals surface area contributed by atoms with E-state index < -0.39 is 0 Å². The number of benzene rings is 2. The highest BCUT2D eigenvalue weighted by Gasteiger charge is 2.32. The van der Waals surface area contributed by atoms with Gasteiger partial charge in [-0.25, -0.2) is 4.79 Å². The van der Waals surface area contributed by atoms with Crippen LogP contribution in [0.2, 0.25) is 0 Å². The highest BCUT2D eigenvalue weighted by atomic mass is 16.5. The zero-order valence-electron chi connectivity index (χ0n) is 14.7. The number of carbonyl (C=O) groups excluding carboxylic acids is 1. The number of hydrogen-bond acceptors (Lipinski definition) is 3. The minimum Gasteiger partial charge on any atom is -0.497 e. The van der Waals surface area contributed by atoms with E-state index in [9.17, 15) is 4.79 Å². The summed E-state index contributed by atoms with van der Waals surface area (Å²) < 4.78 is 10.6. The molecule has 0 saturated carbocycles. The predicted molar refractivity (Wildman–Crippen MR) is 97.2 cm³/mol. The second-order valence-corrected chi connectivity index (χ2v) is 6.09. The van der Waals surface area contributed by atoms with E-state index in [0.717, 1.165) is 29.9 Å². The molecule has 132 valence electrons. The number of methoxy groups -OCH3 is 2. The molecule has 1 unspecified atom stereocenters. The Morgan fingerprint density at radius 3 is 2.56 bits per heavy atom. The fraction of sp³-hybridized carbons (Fsp3) is 0.350. The average molecular weight is 340 g/mol. The summed E-state index contributed by atoms with van der Waals surface area (Å²) in [5.74, 6) is 1.68. The lowest BCUT2D eigenvalue weighted by Gasteiger charge is -2.24. The summed E-state index contributed by atoms with van der Waals surface area (Å²) >= 11 is 0. The third-order valence-electron chi connectivity index (χ3n) is 4.61. The number of nitrogens with one attached hydrogen (secondary N) is 1. The molecule has 1 aliphatic rings. The van der Waals surface area contributed by atoms with Crippen LogP contribution in [0.4, 0.5) is 4.79 Å². The third kappa shape index (κ3) is 3.87. The van der Waals surface area contributed by atoms with Crippen molar-refractivity contribution in [3.05, 3.63) is 59.7 Å². The van der Waals surface area contributed by atoms with Gasteiger partial charge in [0, 0.05) is 18.7 Å². The maximum Gasteiger partial charge on any atom is 0.318 e. The lowest BCUT2D eigenvalue weighted by molar-refractivity contribution is 0.202. The van der Waals surface area contributed by atoms with Crippen LogP contribution in [0.15, 0.2) is 48.5 Å². The lowest BCUT2D eigenvalue weighted by atomic mass is 10.0. The normalized spacial score (nSPS) is 16.6. The molecule has 1 fully saturated rings. The fourth-order valence-electron chi connectivity index (χ4n) is 3.26. The quantitative estimate of drug-likeness (QED) is 0.840. The van der Waals surface area contributed by atoms with E-state index >= 15 is 0 Å². The molecular formula is C20H24N2O3. The minimum absolute atomic E-state index is 0.00867. The van der Waals surface area contributed by atoms with Gasteiger partial charge < -0.3 is 19.7 Å². The van der Waals surface area contributed by atoms with E-state index in [1.165, 1.54) is 5.56 Å². The number of ether oxygens (including phenoxy) is 2. The van der Waals surface area contributed by atoms with Gasteiger partial charge in [0.25, 0.3) is 0 Å². The lowest BCUT2D eigenvalue weighted by Crippen LogP contribution is -2.31. The van der Waals surface area contributed by atoms with Crippen LogP contribution in [-0.4, -0.2) is 38.2 Å². The molecular weight excluding hydrogens is 316 g/mol. The van der Waals surface area contributed by atoms with Gasteiger partial charge in [0.15, 0.2) is 0 Å². The first-order chi connectivity index (χ1) is 12.2. The van der Waals surface area contributed by atoms with Crippen molar-refractivity contribution in [3.63, 3.8) is 0 Å². The van der Waals surface area contributed by atoms with Crippen LogP contribution < -0.4 is 14.8 Å². The molecule has 0 radical (unpaired) electrons. The van der Waals surface area contributed by atoms with Crippen LogP contribution in [-0.2, 0) is 6.42 Å². The molecule has 1 atom stereocenters. The number of aryl methyl sites for hydroxylation is 1. The molecule has 2 aromatic rings. The van der Waals surface area contributed by atoms with Crippen LogP contribution in [0.1, 0.15) is 23.6 Å². The Morgan fingerprint density at radius 1 is 1.08 bits per heavy atom. The number of hydrogen-bond donors (Lipinski definition) is 1. The van der Waals surface area contributed by atoms with Gasteiger partial charge in [-0.1, -0.05) is 30.3 Å². The number of para-hydroxylation sites is 1. The largest absolute Gasteiger partial charge is 0.497 e. The summed E-state index contributed by atoms with van der Waals surface area (Å²) in [5.41, 5.74) is 2.29.